The van der Waals surface area contributed by atoms with Gasteiger partial charge in [-0.15, -0.1) is 0 Å². The van der Waals surface area contributed by atoms with Crippen LogP contribution in [0.5, 0.6) is 11.5 Å². The number of fused-ring (bicyclic) bond motifs is 2. The molecule has 0 spiro atoms. The van der Waals surface area contributed by atoms with Gasteiger partial charge >= 0.3 is 0 Å². The molecular weight excluding hydrogens is 406 g/mol. The minimum Gasteiger partial charge on any atom is -0.488 e. The lowest BCUT2D eigenvalue weighted by molar-refractivity contribution is 0.402. The van der Waals surface area contributed by atoms with Crippen LogP contribution in [-0.4, -0.2) is 12.7 Å². The number of ether oxygens (including phenoxy) is 2. The highest BCUT2D eigenvalue weighted by Crippen LogP contribution is 2.50. The average Bonchev–Trinajstić information content (AvgIpc) is 3.45. The first-order valence-corrected chi connectivity index (χ1v) is 13.1. The highest BCUT2D eigenvalue weighted by molar-refractivity contribution is 7.74. The van der Waals surface area contributed by atoms with Gasteiger partial charge in [0.25, 0.3) is 0 Å². The molecule has 0 N–H and O–H groups in total. The maximum absolute atomic E-state index is 6.16. The molecule has 0 amide bonds. The fourth-order valence-corrected chi connectivity index (χ4v) is 8.74. The number of hydrogen-bond donors (Lipinski definition) is 0. The van der Waals surface area contributed by atoms with Crippen LogP contribution >= 0.6 is 15.8 Å². The Morgan fingerprint density at radius 3 is 1.33 bits per heavy atom. The van der Waals surface area contributed by atoms with Crippen molar-refractivity contribution in [2.45, 2.75) is 0 Å². The highest BCUT2D eigenvalue weighted by atomic mass is 31.1. The molecule has 2 nitrogen and oxygen atoms in total. The summed E-state index contributed by atoms with van der Waals surface area (Å²) in [5.41, 5.74) is 2.59. The zero-order valence-corrected chi connectivity index (χ0v) is 18.2. The SMILES string of the molecule is c1ccc([P@@]2COc3cccc(-c4cccc5c4[P@](c4ccccc4)CO5)c32)cc1. The van der Waals surface area contributed by atoms with Gasteiger partial charge in [0.2, 0.25) is 0 Å². The molecule has 0 bridgehead atoms. The van der Waals surface area contributed by atoms with Crippen LogP contribution in [0, 0.1) is 0 Å². The van der Waals surface area contributed by atoms with Gasteiger partial charge in [-0.2, -0.15) is 0 Å². The van der Waals surface area contributed by atoms with E-state index in [0.717, 1.165) is 24.2 Å². The van der Waals surface area contributed by atoms with Crippen molar-refractivity contribution in [3.63, 3.8) is 0 Å². The molecule has 30 heavy (non-hydrogen) atoms. The summed E-state index contributed by atoms with van der Waals surface area (Å²) < 4.78 is 12.3. The summed E-state index contributed by atoms with van der Waals surface area (Å²) in [7, 11) is -1.06. The Morgan fingerprint density at radius 2 is 0.900 bits per heavy atom. The third-order valence-corrected chi connectivity index (χ3v) is 10.3. The van der Waals surface area contributed by atoms with Gasteiger partial charge in [0, 0.05) is 10.6 Å². The summed E-state index contributed by atoms with van der Waals surface area (Å²) in [6, 6.07) is 34.6. The predicted molar refractivity (Wildman–Crippen MR) is 128 cm³/mol. The smallest absolute Gasteiger partial charge is 0.128 e. The van der Waals surface area contributed by atoms with Crippen molar-refractivity contribution in [2.24, 2.45) is 0 Å². The Bertz CT molecular complexity index is 1110. The van der Waals surface area contributed by atoms with Gasteiger partial charge in [-0.3, -0.25) is 0 Å². The molecule has 4 aromatic carbocycles. The lowest BCUT2D eigenvalue weighted by atomic mass is 10.0. The lowest BCUT2D eigenvalue weighted by Crippen LogP contribution is -2.16. The molecule has 0 radical (unpaired) electrons. The largest absolute Gasteiger partial charge is 0.488 e. The maximum atomic E-state index is 6.16. The van der Waals surface area contributed by atoms with Gasteiger partial charge in [-0.25, -0.2) is 0 Å². The predicted octanol–water partition coefficient (Wildman–Crippen LogP) is 4.92. The van der Waals surface area contributed by atoms with Gasteiger partial charge in [-0.05, 0) is 49.7 Å². The molecule has 2 heterocycles. The Morgan fingerprint density at radius 1 is 0.467 bits per heavy atom. The van der Waals surface area contributed by atoms with Crippen molar-refractivity contribution in [3.8, 4) is 22.6 Å². The van der Waals surface area contributed by atoms with Crippen molar-refractivity contribution in [1.29, 1.82) is 0 Å². The number of benzene rings is 4. The third-order valence-electron chi connectivity index (χ3n) is 5.66. The van der Waals surface area contributed by atoms with Gasteiger partial charge < -0.3 is 9.47 Å². The van der Waals surface area contributed by atoms with E-state index in [9.17, 15) is 0 Å². The Labute approximate surface area is 179 Å². The Balaban J connectivity index is 1.53. The van der Waals surface area contributed by atoms with E-state index >= 15 is 0 Å². The van der Waals surface area contributed by atoms with E-state index in [2.05, 4.69) is 97.1 Å². The molecular formula is C26H20O2P2. The van der Waals surface area contributed by atoms with Crippen molar-refractivity contribution in [3.05, 3.63) is 97.1 Å². The standard InChI is InChI=1S/C26H20O2P2/c1-3-9-19(10-4-1)29-17-27-23-15-7-13-21(25(23)29)22-14-8-16-24-26(22)30(18-28-24)20-11-5-2-6-12-20/h1-16H,17-18H2/t29-,30+. The van der Waals surface area contributed by atoms with Crippen molar-refractivity contribution in [1.82, 2.24) is 0 Å². The van der Waals surface area contributed by atoms with Crippen LogP contribution in [0.4, 0.5) is 0 Å². The van der Waals surface area contributed by atoms with Gasteiger partial charge in [-0.1, -0.05) is 84.9 Å². The van der Waals surface area contributed by atoms with Crippen LogP contribution in [0.15, 0.2) is 97.1 Å². The topological polar surface area (TPSA) is 18.5 Å². The second-order valence-corrected chi connectivity index (χ2v) is 11.5. The fraction of sp³-hybridized carbons (Fsp3) is 0.0769. The molecule has 6 rings (SSSR count). The van der Waals surface area contributed by atoms with Crippen LogP contribution in [0.1, 0.15) is 0 Å². The van der Waals surface area contributed by atoms with E-state index < -0.39 is 15.8 Å². The first-order chi connectivity index (χ1) is 14.9. The van der Waals surface area contributed by atoms with Crippen molar-refractivity contribution in [2.75, 3.05) is 12.7 Å². The molecule has 0 aromatic heterocycles. The molecule has 2 atom stereocenters. The van der Waals surface area contributed by atoms with E-state index in [1.165, 1.54) is 32.3 Å². The Kier molecular flexibility index (Phi) is 4.56. The van der Waals surface area contributed by atoms with Gasteiger partial charge in [0.1, 0.15) is 24.2 Å². The molecule has 0 saturated heterocycles. The first kappa shape index (κ1) is 18.1. The fourth-order valence-electron chi connectivity index (χ4n) is 4.29. The monoisotopic (exact) mass is 426 g/mol. The molecule has 0 aliphatic carbocycles. The van der Waals surface area contributed by atoms with Crippen LogP contribution in [0.2, 0.25) is 0 Å². The van der Waals surface area contributed by atoms with Gasteiger partial charge in [0.15, 0.2) is 0 Å². The van der Waals surface area contributed by atoms with Crippen LogP contribution < -0.4 is 30.7 Å². The van der Waals surface area contributed by atoms with Crippen molar-refractivity contribution >= 4 is 37.1 Å². The molecule has 4 heteroatoms. The molecule has 4 aromatic rings. The maximum Gasteiger partial charge on any atom is 0.128 e. The molecule has 0 saturated carbocycles. The summed E-state index contributed by atoms with van der Waals surface area (Å²) in [5, 5.41) is 5.46. The summed E-state index contributed by atoms with van der Waals surface area (Å²) in [6.45, 7) is 0. The second kappa shape index (κ2) is 7.55. The van der Waals surface area contributed by atoms with Crippen LogP contribution in [0.25, 0.3) is 11.1 Å². The molecule has 0 unspecified atom stereocenters. The average molecular weight is 426 g/mol. The molecule has 0 fully saturated rings. The second-order valence-electron chi connectivity index (χ2n) is 7.38. The zero-order chi connectivity index (χ0) is 19.9. The van der Waals surface area contributed by atoms with Gasteiger partial charge in [0.05, 0.1) is 0 Å². The first-order valence-electron chi connectivity index (χ1n) is 10.1. The highest BCUT2D eigenvalue weighted by Gasteiger charge is 2.33. The number of hydrogen-bond acceptors (Lipinski definition) is 2. The zero-order valence-electron chi connectivity index (χ0n) is 16.4. The number of rotatable bonds is 3. The molecule has 146 valence electrons. The van der Waals surface area contributed by atoms with E-state index in [0.29, 0.717) is 0 Å². The summed E-state index contributed by atoms with van der Waals surface area (Å²) in [5.74, 6) is 2.06. The minimum atomic E-state index is -0.531. The lowest BCUT2D eigenvalue weighted by Gasteiger charge is -2.18. The normalized spacial score (nSPS) is 18.9. The quantitative estimate of drug-likeness (QED) is 0.433. The Hall–Kier alpha value is -2.66. The molecule has 2 aliphatic rings. The summed E-state index contributed by atoms with van der Waals surface area (Å²) >= 11 is 0. The summed E-state index contributed by atoms with van der Waals surface area (Å²) in [6.07, 6.45) is 1.51. The van der Waals surface area contributed by atoms with E-state index in [4.69, 9.17) is 9.47 Å². The third kappa shape index (κ3) is 2.95. The van der Waals surface area contributed by atoms with Crippen LogP contribution in [0.3, 0.4) is 0 Å². The summed E-state index contributed by atoms with van der Waals surface area (Å²) in [4.78, 5) is 0. The minimum absolute atomic E-state index is 0.531. The van der Waals surface area contributed by atoms with E-state index in [-0.39, 0.29) is 0 Å². The molecule has 2 aliphatic heterocycles. The van der Waals surface area contributed by atoms with E-state index in [1.807, 2.05) is 0 Å². The van der Waals surface area contributed by atoms with Crippen molar-refractivity contribution < 1.29 is 9.47 Å². The van der Waals surface area contributed by atoms with E-state index in [1.54, 1.807) is 0 Å². The van der Waals surface area contributed by atoms with Crippen LogP contribution in [-0.2, 0) is 0 Å².